The van der Waals surface area contributed by atoms with Crippen LogP contribution in [-0.4, -0.2) is 43.8 Å². The van der Waals surface area contributed by atoms with Gasteiger partial charge in [-0.1, -0.05) is 0 Å². The summed E-state index contributed by atoms with van der Waals surface area (Å²) >= 11 is 0. The van der Waals surface area contributed by atoms with E-state index in [0.717, 1.165) is 31.7 Å². The summed E-state index contributed by atoms with van der Waals surface area (Å²) in [6, 6.07) is 0.749. The van der Waals surface area contributed by atoms with Crippen LogP contribution < -0.4 is 5.73 Å². The van der Waals surface area contributed by atoms with Gasteiger partial charge < -0.3 is 10.5 Å². The van der Waals surface area contributed by atoms with Crippen LogP contribution in [0.5, 0.6) is 0 Å². The van der Waals surface area contributed by atoms with Crippen molar-refractivity contribution in [3.8, 4) is 0 Å². The van der Waals surface area contributed by atoms with Crippen LogP contribution in [-0.2, 0) is 4.74 Å². The largest absolute Gasteiger partial charge is 0.378 e. The van der Waals surface area contributed by atoms with Crippen molar-refractivity contribution >= 4 is 0 Å². The number of rotatable bonds is 4. The number of likely N-dealkylation sites (tertiary alicyclic amines) is 1. The standard InChI is InChI=1S/C9H18N2O/c10-3-1-2-8-4-11(5-8)9-6-12-7-9/h8-9H,1-7,10H2. The zero-order valence-corrected chi connectivity index (χ0v) is 7.54. The fraction of sp³-hybridized carbons (Fsp3) is 1.00. The Morgan fingerprint density at radius 2 is 2.08 bits per heavy atom. The Bertz CT molecular complexity index is 141. The maximum Gasteiger partial charge on any atom is 0.0645 e. The summed E-state index contributed by atoms with van der Waals surface area (Å²) in [7, 11) is 0. The maximum atomic E-state index is 5.45. The molecule has 3 nitrogen and oxygen atoms in total. The molecule has 0 bridgehead atoms. The monoisotopic (exact) mass is 170 g/mol. The van der Waals surface area contributed by atoms with Crippen LogP contribution in [0.1, 0.15) is 12.8 Å². The molecule has 0 aromatic carbocycles. The quantitative estimate of drug-likeness (QED) is 0.648. The molecule has 2 saturated heterocycles. The molecule has 3 heteroatoms. The van der Waals surface area contributed by atoms with E-state index in [1.807, 2.05) is 0 Å². The van der Waals surface area contributed by atoms with Crippen LogP contribution >= 0.6 is 0 Å². The Morgan fingerprint density at radius 3 is 2.58 bits per heavy atom. The highest BCUT2D eigenvalue weighted by Crippen LogP contribution is 2.25. The molecule has 2 N–H and O–H groups in total. The summed E-state index contributed by atoms with van der Waals surface area (Å²) in [5, 5.41) is 0. The lowest BCUT2D eigenvalue weighted by Crippen LogP contribution is -2.59. The van der Waals surface area contributed by atoms with Gasteiger partial charge in [0.25, 0.3) is 0 Å². The molecule has 12 heavy (non-hydrogen) atoms. The second-order valence-electron chi connectivity index (χ2n) is 3.94. The van der Waals surface area contributed by atoms with Crippen molar-refractivity contribution in [2.45, 2.75) is 18.9 Å². The van der Waals surface area contributed by atoms with Crippen molar-refractivity contribution in [2.24, 2.45) is 11.7 Å². The van der Waals surface area contributed by atoms with E-state index in [1.54, 1.807) is 0 Å². The molecular formula is C9H18N2O. The van der Waals surface area contributed by atoms with Gasteiger partial charge in [-0.15, -0.1) is 0 Å². The maximum absolute atomic E-state index is 5.45. The fourth-order valence-corrected chi connectivity index (χ4v) is 1.93. The Labute approximate surface area is 73.9 Å². The van der Waals surface area contributed by atoms with E-state index >= 15 is 0 Å². The second-order valence-corrected chi connectivity index (χ2v) is 3.94. The number of nitrogens with two attached hydrogens (primary N) is 1. The van der Waals surface area contributed by atoms with E-state index in [-0.39, 0.29) is 0 Å². The van der Waals surface area contributed by atoms with Gasteiger partial charge in [-0.25, -0.2) is 0 Å². The second kappa shape index (κ2) is 3.73. The van der Waals surface area contributed by atoms with Crippen molar-refractivity contribution in [3.05, 3.63) is 0 Å². The molecule has 2 heterocycles. The molecule has 0 aromatic heterocycles. The minimum atomic E-state index is 0.749. The first-order valence-electron chi connectivity index (χ1n) is 4.92. The van der Waals surface area contributed by atoms with Gasteiger partial charge >= 0.3 is 0 Å². The van der Waals surface area contributed by atoms with E-state index in [2.05, 4.69) is 4.90 Å². The number of hydrogen-bond donors (Lipinski definition) is 1. The predicted octanol–water partition coefficient (Wildman–Crippen LogP) is 0.0559. The Hall–Kier alpha value is -0.120. The van der Waals surface area contributed by atoms with Gasteiger partial charge in [0.2, 0.25) is 0 Å². The van der Waals surface area contributed by atoms with Gasteiger partial charge in [-0.05, 0) is 25.3 Å². The third-order valence-electron chi connectivity index (χ3n) is 2.94. The third-order valence-corrected chi connectivity index (χ3v) is 2.94. The highest BCUT2D eigenvalue weighted by molar-refractivity contribution is 4.88. The fourth-order valence-electron chi connectivity index (χ4n) is 1.93. The zero-order chi connectivity index (χ0) is 8.39. The molecule has 70 valence electrons. The molecule has 0 unspecified atom stereocenters. The molecule has 0 aromatic rings. The van der Waals surface area contributed by atoms with E-state index in [4.69, 9.17) is 10.5 Å². The lowest BCUT2D eigenvalue weighted by molar-refractivity contribution is -0.102. The lowest BCUT2D eigenvalue weighted by atomic mass is 9.92. The highest BCUT2D eigenvalue weighted by atomic mass is 16.5. The van der Waals surface area contributed by atoms with Crippen molar-refractivity contribution in [2.75, 3.05) is 32.8 Å². The Balaban J connectivity index is 1.57. The molecule has 2 rings (SSSR count). The molecular weight excluding hydrogens is 152 g/mol. The van der Waals surface area contributed by atoms with Crippen LogP contribution in [0, 0.1) is 5.92 Å². The van der Waals surface area contributed by atoms with E-state index in [1.165, 1.54) is 25.9 Å². The molecule has 0 atom stereocenters. The van der Waals surface area contributed by atoms with Crippen molar-refractivity contribution < 1.29 is 4.74 Å². The van der Waals surface area contributed by atoms with Gasteiger partial charge in [0, 0.05) is 13.1 Å². The number of hydrogen-bond acceptors (Lipinski definition) is 3. The minimum Gasteiger partial charge on any atom is -0.378 e. The molecule has 2 aliphatic rings. The lowest BCUT2D eigenvalue weighted by Gasteiger charge is -2.47. The molecule has 0 saturated carbocycles. The van der Waals surface area contributed by atoms with Crippen molar-refractivity contribution in [1.82, 2.24) is 4.90 Å². The normalized spacial score (nSPS) is 26.8. The first-order chi connectivity index (χ1) is 5.90. The van der Waals surface area contributed by atoms with Crippen molar-refractivity contribution in [3.63, 3.8) is 0 Å². The summed E-state index contributed by atoms with van der Waals surface area (Å²) in [4.78, 5) is 2.53. The summed E-state index contributed by atoms with van der Waals surface area (Å²) in [5.74, 6) is 0.925. The first-order valence-corrected chi connectivity index (χ1v) is 4.92. The summed E-state index contributed by atoms with van der Waals surface area (Å²) in [6.07, 6.45) is 2.51. The van der Waals surface area contributed by atoms with Gasteiger partial charge in [0.1, 0.15) is 0 Å². The highest BCUT2D eigenvalue weighted by Gasteiger charge is 2.35. The first kappa shape index (κ1) is 8.48. The third kappa shape index (κ3) is 1.63. The summed E-state index contributed by atoms with van der Waals surface area (Å²) in [5.41, 5.74) is 5.45. The number of nitrogens with zero attached hydrogens (tertiary/aromatic N) is 1. The zero-order valence-electron chi connectivity index (χ0n) is 7.54. The van der Waals surface area contributed by atoms with E-state index in [9.17, 15) is 0 Å². The molecule has 0 aliphatic carbocycles. The van der Waals surface area contributed by atoms with E-state index < -0.39 is 0 Å². The predicted molar refractivity (Wildman–Crippen MR) is 48.0 cm³/mol. The van der Waals surface area contributed by atoms with Gasteiger partial charge in [0.05, 0.1) is 19.3 Å². The van der Waals surface area contributed by atoms with Crippen LogP contribution in [0.15, 0.2) is 0 Å². The Kier molecular flexibility index (Phi) is 2.63. The van der Waals surface area contributed by atoms with Gasteiger partial charge in [0.15, 0.2) is 0 Å². The number of ether oxygens (including phenoxy) is 1. The van der Waals surface area contributed by atoms with Crippen LogP contribution in [0.25, 0.3) is 0 Å². The van der Waals surface area contributed by atoms with Gasteiger partial charge in [-0.3, -0.25) is 4.90 Å². The van der Waals surface area contributed by atoms with E-state index in [0.29, 0.717) is 0 Å². The molecule has 0 amide bonds. The molecule has 2 aliphatic heterocycles. The topological polar surface area (TPSA) is 38.5 Å². The Morgan fingerprint density at radius 1 is 1.33 bits per heavy atom. The van der Waals surface area contributed by atoms with Crippen LogP contribution in [0.3, 0.4) is 0 Å². The molecule has 0 radical (unpaired) electrons. The molecule has 0 spiro atoms. The average molecular weight is 170 g/mol. The van der Waals surface area contributed by atoms with Gasteiger partial charge in [-0.2, -0.15) is 0 Å². The SMILES string of the molecule is NCCCC1CN(C2COC2)C1. The minimum absolute atomic E-state index is 0.749. The summed E-state index contributed by atoms with van der Waals surface area (Å²) < 4.78 is 5.15. The molecule has 2 fully saturated rings. The van der Waals surface area contributed by atoms with Crippen molar-refractivity contribution in [1.29, 1.82) is 0 Å². The van der Waals surface area contributed by atoms with Crippen LogP contribution in [0.2, 0.25) is 0 Å². The average Bonchev–Trinajstić information content (AvgIpc) is 1.89. The van der Waals surface area contributed by atoms with Crippen LogP contribution in [0.4, 0.5) is 0 Å². The summed E-state index contributed by atoms with van der Waals surface area (Å²) in [6.45, 7) is 5.35. The smallest absolute Gasteiger partial charge is 0.0645 e.